The van der Waals surface area contributed by atoms with Gasteiger partial charge in [0.2, 0.25) is 0 Å². The second kappa shape index (κ2) is 5.89. The predicted molar refractivity (Wildman–Crippen MR) is 79.4 cm³/mol. The summed E-state index contributed by atoms with van der Waals surface area (Å²) in [5.41, 5.74) is 1.15. The van der Waals surface area contributed by atoms with Crippen molar-refractivity contribution >= 4 is 0 Å². The van der Waals surface area contributed by atoms with Crippen LogP contribution < -0.4 is 5.56 Å². The van der Waals surface area contributed by atoms with Crippen molar-refractivity contribution in [3.8, 4) is 11.3 Å². The topological polar surface area (TPSA) is 34.9 Å². The minimum Gasteiger partial charge on any atom is -0.268 e. The molecule has 0 saturated carbocycles. The summed E-state index contributed by atoms with van der Waals surface area (Å²) in [4.78, 5) is 11.9. The van der Waals surface area contributed by atoms with Gasteiger partial charge in [0.05, 0.1) is 12.2 Å². The fourth-order valence-electron chi connectivity index (χ4n) is 2.15. The van der Waals surface area contributed by atoms with Crippen LogP contribution in [0.25, 0.3) is 11.3 Å². The zero-order chi connectivity index (χ0) is 15.5. The average molecular weight is 298 g/mol. The zero-order valence-electron chi connectivity index (χ0n) is 11.5. The van der Waals surface area contributed by atoms with Crippen LogP contribution in [0.5, 0.6) is 0 Å². The molecule has 5 heteroatoms. The van der Waals surface area contributed by atoms with Crippen molar-refractivity contribution in [3.05, 3.63) is 88.2 Å². The van der Waals surface area contributed by atoms with Crippen molar-refractivity contribution < 1.29 is 8.78 Å². The first-order valence-electron chi connectivity index (χ1n) is 6.71. The molecule has 0 aliphatic heterocycles. The van der Waals surface area contributed by atoms with Crippen molar-refractivity contribution in [2.24, 2.45) is 0 Å². The molecule has 0 N–H and O–H groups in total. The lowest BCUT2D eigenvalue weighted by atomic mass is 10.1. The Kier molecular flexibility index (Phi) is 3.78. The van der Waals surface area contributed by atoms with Crippen molar-refractivity contribution in [2.45, 2.75) is 6.54 Å². The maximum absolute atomic E-state index is 13.7. The molecular weight excluding hydrogens is 286 g/mol. The molecule has 0 aliphatic carbocycles. The van der Waals surface area contributed by atoms with E-state index in [-0.39, 0.29) is 17.7 Å². The van der Waals surface area contributed by atoms with Gasteiger partial charge in [-0.2, -0.15) is 5.10 Å². The third kappa shape index (κ3) is 2.93. The standard InChI is InChI=1S/C17H12F2N2O/c18-14-6-7-15(19)13(10-14)11-21-17(22)9-8-16(20-21)12-4-2-1-3-5-12/h1-10H,11H2. The van der Waals surface area contributed by atoms with E-state index in [0.717, 1.165) is 28.4 Å². The Labute approximate surface area is 125 Å². The van der Waals surface area contributed by atoms with Gasteiger partial charge in [-0.3, -0.25) is 4.79 Å². The number of benzene rings is 2. The highest BCUT2D eigenvalue weighted by Crippen LogP contribution is 2.15. The molecule has 0 spiro atoms. The molecule has 0 atom stereocenters. The normalized spacial score (nSPS) is 10.6. The van der Waals surface area contributed by atoms with Gasteiger partial charge in [0, 0.05) is 17.2 Å². The lowest BCUT2D eigenvalue weighted by Crippen LogP contribution is -2.23. The fraction of sp³-hybridized carbons (Fsp3) is 0.0588. The van der Waals surface area contributed by atoms with Crippen LogP contribution in [0.3, 0.4) is 0 Å². The van der Waals surface area contributed by atoms with E-state index in [9.17, 15) is 13.6 Å². The van der Waals surface area contributed by atoms with E-state index < -0.39 is 11.6 Å². The molecule has 0 unspecified atom stereocenters. The summed E-state index contributed by atoms with van der Waals surface area (Å²) in [7, 11) is 0. The van der Waals surface area contributed by atoms with Crippen molar-refractivity contribution in [1.29, 1.82) is 0 Å². The first-order valence-corrected chi connectivity index (χ1v) is 6.71. The predicted octanol–water partition coefficient (Wildman–Crippen LogP) is 3.24. The van der Waals surface area contributed by atoms with Crippen LogP contribution in [0, 0.1) is 11.6 Å². The lowest BCUT2D eigenvalue weighted by Gasteiger charge is -2.08. The molecule has 0 radical (unpaired) electrons. The van der Waals surface area contributed by atoms with Gasteiger partial charge >= 0.3 is 0 Å². The zero-order valence-corrected chi connectivity index (χ0v) is 11.5. The third-order valence-electron chi connectivity index (χ3n) is 3.26. The number of nitrogens with zero attached hydrogens (tertiary/aromatic N) is 2. The first kappa shape index (κ1) is 14.1. The Morgan fingerprint density at radius 1 is 0.955 bits per heavy atom. The molecule has 110 valence electrons. The van der Waals surface area contributed by atoms with Gasteiger partial charge in [-0.25, -0.2) is 13.5 Å². The Morgan fingerprint density at radius 3 is 2.50 bits per heavy atom. The highest BCUT2D eigenvalue weighted by molar-refractivity contribution is 5.57. The molecule has 3 nitrogen and oxygen atoms in total. The summed E-state index contributed by atoms with van der Waals surface area (Å²) in [6, 6.07) is 15.4. The van der Waals surface area contributed by atoms with E-state index in [1.807, 2.05) is 30.3 Å². The molecule has 0 amide bonds. The van der Waals surface area contributed by atoms with Gasteiger partial charge in [0.1, 0.15) is 11.6 Å². The van der Waals surface area contributed by atoms with Crippen LogP contribution in [0.4, 0.5) is 8.78 Å². The largest absolute Gasteiger partial charge is 0.268 e. The average Bonchev–Trinajstić information content (AvgIpc) is 2.54. The van der Waals surface area contributed by atoms with E-state index in [0.29, 0.717) is 5.69 Å². The molecule has 0 saturated heterocycles. The maximum Gasteiger partial charge on any atom is 0.267 e. The Hall–Kier alpha value is -2.82. The van der Waals surface area contributed by atoms with Crippen LogP contribution in [0.1, 0.15) is 5.56 Å². The maximum atomic E-state index is 13.7. The Morgan fingerprint density at radius 2 is 1.73 bits per heavy atom. The quantitative estimate of drug-likeness (QED) is 0.744. The number of hydrogen-bond donors (Lipinski definition) is 0. The summed E-state index contributed by atoms with van der Waals surface area (Å²) in [5, 5.41) is 4.22. The third-order valence-corrected chi connectivity index (χ3v) is 3.26. The van der Waals surface area contributed by atoms with E-state index in [1.54, 1.807) is 6.07 Å². The SMILES string of the molecule is O=c1ccc(-c2ccccc2)nn1Cc1cc(F)ccc1F. The minimum absolute atomic E-state index is 0.0832. The molecule has 0 fully saturated rings. The number of halogens is 2. The molecule has 1 heterocycles. The van der Waals surface area contributed by atoms with Gasteiger partial charge in [0.25, 0.3) is 5.56 Å². The number of aromatic nitrogens is 2. The lowest BCUT2D eigenvalue weighted by molar-refractivity contribution is 0.558. The summed E-state index contributed by atoms with van der Waals surface area (Å²) >= 11 is 0. The van der Waals surface area contributed by atoms with E-state index in [4.69, 9.17) is 0 Å². The number of hydrogen-bond acceptors (Lipinski definition) is 2. The van der Waals surface area contributed by atoms with Crippen LogP contribution in [-0.4, -0.2) is 9.78 Å². The molecule has 3 rings (SSSR count). The second-order valence-electron chi connectivity index (χ2n) is 4.82. The van der Waals surface area contributed by atoms with Crippen molar-refractivity contribution in [1.82, 2.24) is 9.78 Å². The number of rotatable bonds is 3. The van der Waals surface area contributed by atoms with Gasteiger partial charge < -0.3 is 0 Å². The van der Waals surface area contributed by atoms with E-state index in [2.05, 4.69) is 5.10 Å². The van der Waals surface area contributed by atoms with Crippen molar-refractivity contribution in [3.63, 3.8) is 0 Å². The fourth-order valence-corrected chi connectivity index (χ4v) is 2.15. The van der Waals surface area contributed by atoms with Gasteiger partial charge in [-0.05, 0) is 24.3 Å². The van der Waals surface area contributed by atoms with Crippen LogP contribution in [-0.2, 0) is 6.54 Å². The second-order valence-corrected chi connectivity index (χ2v) is 4.82. The Balaban J connectivity index is 2.00. The van der Waals surface area contributed by atoms with E-state index in [1.165, 1.54) is 6.07 Å². The van der Waals surface area contributed by atoms with Gasteiger partial charge in [-0.15, -0.1) is 0 Å². The molecule has 1 aromatic heterocycles. The highest BCUT2D eigenvalue weighted by Gasteiger charge is 2.08. The summed E-state index contributed by atoms with van der Waals surface area (Å²) in [6.45, 7) is -0.122. The smallest absolute Gasteiger partial charge is 0.267 e. The minimum atomic E-state index is -0.569. The summed E-state index contributed by atoms with van der Waals surface area (Å²) in [6.07, 6.45) is 0. The van der Waals surface area contributed by atoms with Crippen molar-refractivity contribution in [2.75, 3.05) is 0 Å². The summed E-state index contributed by atoms with van der Waals surface area (Å²) in [5.74, 6) is -1.12. The van der Waals surface area contributed by atoms with Crippen LogP contribution in [0.2, 0.25) is 0 Å². The molecular formula is C17H12F2N2O. The van der Waals surface area contributed by atoms with Gasteiger partial charge in [0.15, 0.2) is 0 Å². The highest BCUT2D eigenvalue weighted by atomic mass is 19.1. The Bertz CT molecular complexity index is 860. The molecule has 2 aromatic carbocycles. The summed E-state index contributed by atoms with van der Waals surface area (Å²) < 4.78 is 28.0. The van der Waals surface area contributed by atoms with Crippen LogP contribution in [0.15, 0.2) is 65.5 Å². The molecule has 0 bridgehead atoms. The molecule has 3 aromatic rings. The molecule has 0 aliphatic rings. The van der Waals surface area contributed by atoms with Gasteiger partial charge in [-0.1, -0.05) is 30.3 Å². The molecule has 22 heavy (non-hydrogen) atoms. The van der Waals surface area contributed by atoms with E-state index >= 15 is 0 Å². The monoisotopic (exact) mass is 298 g/mol. The first-order chi connectivity index (χ1) is 10.6. The van der Waals surface area contributed by atoms with Crippen LogP contribution >= 0.6 is 0 Å².